The topological polar surface area (TPSA) is 178 Å². The van der Waals surface area contributed by atoms with E-state index in [4.69, 9.17) is 15.0 Å². The van der Waals surface area contributed by atoms with Crippen LogP contribution in [0.3, 0.4) is 0 Å². The molecule has 37 heavy (non-hydrogen) atoms. The number of carbonyl (C=O) groups excluding carboxylic acids is 1. The number of aliphatic hydroxyl groups excluding tert-OH is 2. The zero-order chi connectivity index (χ0) is 26.3. The molecule has 194 valence electrons. The van der Waals surface area contributed by atoms with E-state index in [0.29, 0.717) is 22.7 Å². The lowest BCUT2D eigenvalue weighted by Gasteiger charge is -2.19. The highest BCUT2D eigenvalue weighted by atomic mass is 32.2. The molecular weight excluding hydrogens is 502 g/mol. The number of aliphatic hydroxyl groups is 2. The Morgan fingerprint density at radius 3 is 2.76 bits per heavy atom. The minimum atomic E-state index is -4.16. The van der Waals surface area contributed by atoms with Crippen LogP contribution in [0.5, 0.6) is 0 Å². The number of benzene rings is 2. The zero-order valence-corrected chi connectivity index (χ0v) is 20.5. The number of hydrogen-bond acceptors (Lipinski definition) is 10. The van der Waals surface area contributed by atoms with Crippen LogP contribution in [0.1, 0.15) is 16.8 Å². The van der Waals surface area contributed by atoms with E-state index >= 15 is 0 Å². The van der Waals surface area contributed by atoms with Crippen molar-refractivity contribution in [2.45, 2.75) is 24.7 Å². The normalized spacial score (nSPS) is 21.9. The van der Waals surface area contributed by atoms with Crippen LogP contribution in [0, 0.1) is 5.92 Å². The minimum Gasteiger partial charge on any atom is -0.465 e. The minimum absolute atomic E-state index is 0.238. The van der Waals surface area contributed by atoms with Gasteiger partial charge in [-0.25, -0.2) is 14.9 Å². The number of aromatic nitrogens is 3. The maximum Gasteiger partial charge on any atom is 0.337 e. The average molecular weight is 528 g/mol. The quantitative estimate of drug-likeness (QED) is 0.254. The van der Waals surface area contributed by atoms with Gasteiger partial charge in [0.1, 0.15) is 11.9 Å². The van der Waals surface area contributed by atoms with Crippen LogP contribution in [0.25, 0.3) is 27.7 Å². The van der Waals surface area contributed by atoms with Crippen LogP contribution < -0.4 is 10.5 Å². The summed E-state index contributed by atoms with van der Waals surface area (Å²) in [5.74, 6) is -0.534. The number of carbonyl (C=O) groups is 1. The maximum absolute atomic E-state index is 11.9. The predicted octanol–water partition coefficient (Wildman–Crippen LogP) is 1.08. The number of hydrogen-bond donors (Lipinski definition) is 4. The van der Waals surface area contributed by atoms with Crippen molar-refractivity contribution in [2.75, 3.05) is 19.0 Å². The molecule has 5 rings (SSSR count). The molecule has 4 atom stereocenters. The number of nitrogens with one attached hydrogen (secondary N) is 1. The first-order valence-electron chi connectivity index (χ1n) is 11.4. The fourth-order valence-electron chi connectivity index (χ4n) is 4.69. The van der Waals surface area contributed by atoms with Crippen LogP contribution in [0.2, 0.25) is 0 Å². The first-order chi connectivity index (χ1) is 17.6. The van der Waals surface area contributed by atoms with Crippen LogP contribution in [0.15, 0.2) is 54.7 Å². The van der Waals surface area contributed by atoms with Crippen molar-refractivity contribution in [2.24, 2.45) is 11.1 Å². The molecule has 1 saturated carbocycles. The molecule has 1 aliphatic carbocycles. The Balaban J connectivity index is 1.44. The molecule has 0 aliphatic heterocycles. The molecule has 1 aliphatic rings. The Kier molecular flexibility index (Phi) is 6.56. The highest BCUT2D eigenvalue weighted by Gasteiger charge is 2.42. The van der Waals surface area contributed by atoms with Crippen molar-refractivity contribution in [1.29, 1.82) is 0 Å². The molecular formula is C24H25N5O7S. The van der Waals surface area contributed by atoms with Gasteiger partial charge in [0.2, 0.25) is 0 Å². The molecule has 0 amide bonds. The average Bonchev–Trinajstić information content (AvgIpc) is 3.43. The molecule has 12 nitrogen and oxygen atoms in total. The Morgan fingerprint density at radius 2 is 2.00 bits per heavy atom. The molecule has 0 bridgehead atoms. The summed E-state index contributed by atoms with van der Waals surface area (Å²) in [6, 6.07) is 13.9. The molecule has 0 radical (unpaired) electrons. The second-order valence-electron chi connectivity index (χ2n) is 8.87. The van der Waals surface area contributed by atoms with Gasteiger partial charge < -0.3 is 20.3 Å². The van der Waals surface area contributed by atoms with Gasteiger partial charge in [-0.05, 0) is 35.4 Å². The Hall–Kier alpha value is -3.62. The summed E-state index contributed by atoms with van der Waals surface area (Å²) < 4.78 is 33.2. The lowest BCUT2D eigenvalue weighted by Crippen LogP contribution is -2.36. The summed E-state index contributed by atoms with van der Waals surface area (Å²) in [6.07, 6.45) is -0.541. The Labute approximate surface area is 211 Å². The standard InChI is InChI=1S/C24H25N5O7S/c1-35-24(32)14-5-6-16-13(9-14)3-2-4-17(16)18-11-21-26-8-7-20(29(21)28-18)27-19-10-15(22(30)23(19)31)12-36-37(25,33)34/h2-9,11,15,19,22-23,27,30-31H,10,12H2,1H3,(H2,25,33,34)/t15?,19-,22-,23+/m1/s1. The van der Waals surface area contributed by atoms with Gasteiger partial charge in [-0.15, -0.1) is 0 Å². The van der Waals surface area contributed by atoms with E-state index in [9.17, 15) is 23.4 Å². The van der Waals surface area contributed by atoms with E-state index in [0.717, 1.165) is 16.3 Å². The molecule has 4 aromatic rings. The first kappa shape index (κ1) is 25.0. The van der Waals surface area contributed by atoms with Crippen LogP contribution in [-0.2, 0) is 19.2 Å². The summed E-state index contributed by atoms with van der Waals surface area (Å²) in [6.45, 7) is -0.342. The van der Waals surface area contributed by atoms with Crippen molar-refractivity contribution in [3.8, 4) is 11.3 Å². The predicted molar refractivity (Wildman–Crippen MR) is 134 cm³/mol. The smallest absolute Gasteiger partial charge is 0.337 e. The fourth-order valence-corrected chi connectivity index (χ4v) is 5.06. The van der Waals surface area contributed by atoms with Crippen molar-refractivity contribution < 1.29 is 32.3 Å². The molecule has 2 aromatic carbocycles. The van der Waals surface area contributed by atoms with Gasteiger partial charge >= 0.3 is 16.3 Å². The zero-order valence-electron chi connectivity index (χ0n) is 19.7. The molecule has 0 saturated heterocycles. The molecule has 0 spiro atoms. The number of anilines is 1. The molecule has 1 unspecified atom stereocenters. The summed E-state index contributed by atoms with van der Waals surface area (Å²) in [5.41, 5.74) is 2.47. The summed E-state index contributed by atoms with van der Waals surface area (Å²) in [7, 11) is -2.83. The lowest BCUT2D eigenvalue weighted by molar-refractivity contribution is 0.00777. The molecule has 13 heteroatoms. The number of methoxy groups -OCH3 is 1. The third-order valence-corrected chi connectivity index (χ3v) is 6.98. The molecule has 2 heterocycles. The fraction of sp³-hybridized carbons (Fsp3) is 0.292. The number of esters is 1. The number of nitrogens with zero attached hydrogens (tertiary/aromatic N) is 3. The SMILES string of the molecule is COC(=O)c1ccc2c(-c3cc4nccc(N[C@@H]5CC(COS(N)(=O)=O)[C@@H](O)[C@H]5O)n4n3)cccc2c1. The van der Waals surface area contributed by atoms with Gasteiger partial charge in [0, 0.05) is 23.7 Å². The second-order valence-corrected chi connectivity index (χ2v) is 10.1. The van der Waals surface area contributed by atoms with E-state index in [-0.39, 0.29) is 13.0 Å². The summed E-state index contributed by atoms with van der Waals surface area (Å²) in [5, 5.41) is 35.4. The third kappa shape index (κ3) is 4.99. The second kappa shape index (κ2) is 9.68. The van der Waals surface area contributed by atoms with Crippen molar-refractivity contribution in [3.63, 3.8) is 0 Å². The summed E-state index contributed by atoms with van der Waals surface area (Å²) >= 11 is 0. The first-order valence-corrected chi connectivity index (χ1v) is 12.9. The number of nitrogens with two attached hydrogens (primary N) is 1. The lowest BCUT2D eigenvalue weighted by atomic mass is 10.0. The highest BCUT2D eigenvalue weighted by Crippen LogP contribution is 2.32. The Bertz CT molecular complexity index is 1590. The van der Waals surface area contributed by atoms with E-state index in [1.807, 2.05) is 30.3 Å². The van der Waals surface area contributed by atoms with Crippen molar-refractivity contribution in [3.05, 3.63) is 60.3 Å². The molecule has 1 fully saturated rings. The Morgan fingerprint density at radius 1 is 1.19 bits per heavy atom. The third-order valence-electron chi connectivity index (χ3n) is 6.52. The van der Waals surface area contributed by atoms with E-state index in [1.165, 1.54) is 7.11 Å². The maximum atomic E-state index is 11.9. The van der Waals surface area contributed by atoms with Crippen molar-refractivity contribution >= 4 is 38.5 Å². The number of fused-ring (bicyclic) bond motifs is 2. The monoisotopic (exact) mass is 527 g/mol. The van der Waals surface area contributed by atoms with Gasteiger partial charge in [-0.2, -0.15) is 18.0 Å². The van der Waals surface area contributed by atoms with Crippen LogP contribution in [0.4, 0.5) is 5.82 Å². The van der Waals surface area contributed by atoms with Gasteiger partial charge in [-0.1, -0.05) is 24.3 Å². The molecule has 5 N–H and O–H groups in total. The largest absolute Gasteiger partial charge is 0.465 e. The highest BCUT2D eigenvalue weighted by molar-refractivity contribution is 7.84. The van der Waals surface area contributed by atoms with Crippen molar-refractivity contribution in [1.82, 2.24) is 14.6 Å². The van der Waals surface area contributed by atoms with Gasteiger partial charge in [0.15, 0.2) is 5.65 Å². The van der Waals surface area contributed by atoms with E-state index in [1.54, 1.807) is 28.9 Å². The van der Waals surface area contributed by atoms with Gasteiger partial charge in [-0.3, -0.25) is 4.18 Å². The van der Waals surface area contributed by atoms with Crippen LogP contribution in [-0.4, -0.2) is 71.2 Å². The summed E-state index contributed by atoms with van der Waals surface area (Å²) in [4.78, 5) is 16.3. The molecule has 2 aromatic heterocycles. The van der Waals surface area contributed by atoms with Gasteiger partial charge in [0.05, 0.1) is 37.1 Å². The van der Waals surface area contributed by atoms with Crippen LogP contribution >= 0.6 is 0 Å². The number of rotatable bonds is 7. The van der Waals surface area contributed by atoms with E-state index < -0.39 is 40.4 Å². The van der Waals surface area contributed by atoms with E-state index in [2.05, 4.69) is 14.5 Å². The van der Waals surface area contributed by atoms with Gasteiger partial charge in [0.25, 0.3) is 0 Å². The number of ether oxygens (including phenoxy) is 1.